The highest BCUT2D eigenvalue weighted by molar-refractivity contribution is 6.37. The Morgan fingerprint density at radius 2 is 1.91 bits per heavy atom. The summed E-state index contributed by atoms with van der Waals surface area (Å²) in [6.07, 6.45) is 4.07. The molecule has 0 bridgehead atoms. The van der Waals surface area contributed by atoms with Gasteiger partial charge in [-0.15, -0.1) is 0 Å². The van der Waals surface area contributed by atoms with Crippen molar-refractivity contribution < 1.29 is 4.79 Å². The van der Waals surface area contributed by atoms with Crippen molar-refractivity contribution in [2.75, 3.05) is 23.3 Å². The number of benzene rings is 1. The fourth-order valence-corrected chi connectivity index (χ4v) is 2.96. The summed E-state index contributed by atoms with van der Waals surface area (Å²) in [5.74, 6) is 0.664. The average Bonchev–Trinajstić information content (AvgIpc) is 3.02. The normalized spacial score (nSPS) is 14.2. The third-order valence-corrected chi connectivity index (χ3v) is 4.16. The SMILES string of the molecule is O=C(Nc1ccc(N2CCCC2)nc1)c1ccc(Cl)cc1Cl. The molecule has 0 aliphatic carbocycles. The van der Waals surface area contributed by atoms with Gasteiger partial charge in [-0.3, -0.25) is 4.79 Å². The maximum absolute atomic E-state index is 12.2. The van der Waals surface area contributed by atoms with Crippen LogP contribution in [0.5, 0.6) is 0 Å². The fourth-order valence-electron chi connectivity index (χ4n) is 2.47. The van der Waals surface area contributed by atoms with Crippen LogP contribution in [0.25, 0.3) is 0 Å². The van der Waals surface area contributed by atoms with Crippen molar-refractivity contribution in [1.29, 1.82) is 0 Å². The van der Waals surface area contributed by atoms with E-state index in [-0.39, 0.29) is 5.91 Å². The first-order valence-electron chi connectivity index (χ1n) is 7.11. The first kappa shape index (κ1) is 15.1. The molecule has 1 aromatic carbocycles. The number of amides is 1. The molecule has 1 aromatic heterocycles. The highest BCUT2D eigenvalue weighted by atomic mass is 35.5. The summed E-state index contributed by atoms with van der Waals surface area (Å²) in [6, 6.07) is 8.56. The fraction of sp³-hybridized carbons (Fsp3) is 0.250. The van der Waals surface area contributed by atoms with Crippen LogP contribution in [0.4, 0.5) is 11.5 Å². The molecule has 22 heavy (non-hydrogen) atoms. The summed E-state index contributed by atoms with van der Waals surface area (Å²) in [5, 5.41) is 3.61. The third kappa shape index (κ3) is 3.34. The Morgan fingerprint density at radius 3 is 2.55 bits per heavy atom. The van der Waals surface area contributed by atoms with Gasteiger partial charge in [-0.1, -0.05) is 23.2 Å². The third-order valence-electron chi connectivity index (χ3n) is 3.61. The van der Waals surface area contributed by atoms with Crippen molar-refractivity contribution in [1.82, 2.24) is 4.98 Å². The van der Waals surface area contributed by atoms with E-state index in [2.05, 4.69) is 15.2 Å². The van der Waals surface area contributed by atoms with Crippen molar-refractivity contribution in [2.24, 2.45) is 0 Å². The first-order valence-corrected chi connectivity index (χ1v) is 7.86. The molecule has 114 valence electrons. The molecule has 1 amide bonds. The lowest BCUT2D eigenvalue weighted by atomic mass is 10.2. The molecule has 1 aliphatic heterocycles. The van der Waals surface area contributed by atoms with Gasteiger partial charge >= 0.3 is 0 Å². The number of hydrogen-bond donors (Lipinski definition) is 1. The van der Waals surface area contributed by atoms with E-state index in [9.17, 15) is 4.79 Å². The second kappa shape index (κ2) is 6.55. The number of halogens is 2. The highest BCUT2D eigenvalue weighted by Crippen LogP contribution is 2.23. The monoisotopic (exact) mass is 335 g/mol. The van der Waals surface area contributed by atoms with Gasteiger partial charge in [0.05, 0.1) is 22.5 Å². The van der Waals surface area contributed by atoms with Crippen molar-refractivity contribution in [3.63, 3.8) is 0 Å². The molecule has 1 fully saturated rings. The summed E-state index contributed by atoms with van der Waals surface area (Å²) in [7, 11) is 0. The number of carbonyl (C=O) groups is 1. The van der Waals surface area contributed by atoms with Gasteiger partial charge in [0.2, 0.25) is 0 Å². The minimum absolute atomic E-state index is 0.280. The summed E-state index contributed by atoms with van der Waals surface area (Å²) >= 11 is 11.9. The zero-order chi connectivity index (χ0) is 15.5. The molecule has 4 nitrogen and oxygen atoms in total. The number of carbonyl (C=O) groups excluding carboxylic acids is 1. The lowest BCUT2D eigenvalue weighted by molar-refractivity contribution is 0.102. The van der Waals surface area contributed by atoms with E-state index in [0.717, 1.165) is 18.9 Å². The van der Waals surface area contributed by atoms with Gasteiger partial charge in [-0.05, 0) is 43.2 Å². The van der Waals surface area contributed by atoms with Crippen LogP contribution in [0.2, 0.25) is 10.0 Å². The number of nitrogens with zero attached hydrogens (tertiary/aromatic N) is 2. The Balaban J connectivity index is 1.71. The lowest BCUT2D eigenvalue weighted by Crippen LogP contribution is -2.19. The maximum atomic E-state index is 12.2. The second-order valence-corrected chi connectivity index (χ2v) is 6.02. The molecule has 3 rings (SSSR count). The molecule has 1 aliphatic rings. The molecule has 1 N–H and O–H groups in total. The lowest BCUT2D eigenvalue weighted by Gasteiger charge is -2.16. The Kier molecular flexibility index (Phi) is 4.50. The largest absolute Gasteiger partial charge is 0.357 e. The molecule has 0 atom stereocenters. The topological polar surface area (TPSA) is 45.2 Å². The first-order chi connectivity index (χ1) is 10.6. The van der Waals surface area contributed by atoms with E-state index in [1.54, 1.807) is 24.4 Å². The van der Waals surface area contributed by atoms with E-state index >= 15 is 0 Å². The average molecular weight is 336 g/mol. The van der Waals surface area contributed by atoms with Crippen LogP contribution in [0.15, 0.2) is 36.5 Å². The van der Waals surface area contributed by atoms with E-state index in [4.69, 9.17) is 23.2 Å². The van der Waals surface area contributed by atoms with Gasteiger partial charge in [-0.25, -0.2) is 4.98 Å². The Labute approximate surface area is 139 Å². The molecule has 0 spiro atoms. The Bertz CT molecular complexity index is 682. The van der Waals surface area contributed by atoms with Crippen LogP contribution in [0.3, 0.4) is 0 Å². The molecule has 6 heteroatoms. The molecular weight excluding hydrogens is 321 g/mol. The quantitative estimate of drug-likeness (QED) is 0.912. The predicted octanol–water partition coefficient (Wildman–Crippen LogP) is 4.24. The van der Waals surface area contributed by atoms with E-state index in [1.165, 1.54) is 12.8 Å². The summed E-state index contributed by atoms with van der Waals surface area (Å²) < 4.78 is 0. The van der Waals surface area contributed by atoms with Crippen molar-refractivity contribution in [3.05, 3.63) is 52.1 Å². The van der Waals surface area contributed by atoms with Crippen LogP contribution in [0, 0.1) is 0 Å². The smallest absolute Gasteiger partial charge is 0.257 e. The van der Waals surface area contributed by atoms with Crippen LogP contribution >= 0.6 is 23.2 Å². The summed E-state index contributed by atoms with van der Waals surface area (Å²) in [4.78, 5) is 18.8. The number of aromatic nitrogens is 1. The molecule has 1 saturated heterocycles. The standard InChI is InChI=1S/C16H15Cl2N3O/c17-11-3-5-13(14(18)9-11)16(22)20-12-4-6-15(19-10-12)21-7-1-2-8-21/h3-6,9-10H,1-2,7-8H2,(H,20,22). The highest BCUT2D eigenvalue weighted by Gasteiger charge is 2.14. The van der Waals surface area contributed by atoms with Gasteiger partial charge in [-0.2, -0.15) is 0 Å². The molecule has 0 saturated carbocycles. The minimum Gasteiger partial charge on any atom is -0.357 e. The zero-order valence-corrected chi connectivity index (χ0v) is 13.4. The number of pyridine rings is 1. The van der Waals surface area contributed by atoms with Crippen molar-refractivity contribution >= 4 is 40.6 Å². The zero-order valence-electron chi connectivity index (χ0n) is 11.9. The van der Waals surface area contributed by atoms with Crippen molar-refractivity contribution in [3.8, 4) is 0 Å². The van der Waals surface area contributed by atoms with E-state index in [0.29, 0.717) is 21.3 Å². The van der Waals surface area contributed by atoms with Crippen LogP contribution in [0.1, 0.15) is 23.2 Å². The Hall–Kier alpha value is -1.78. The number of anilines is 2. The van der Waals surface area contributed by atoms with Crippen molar-refractivity contribution in [2.45, 2.75) is 12.8 Å². The van der Waals surface area contributed by atoms with E-state index < -0.39 is 0 Å². The number of nitrogens with one attached hydrogen (secondary N) is 1. The molecular formula is C16H15Cl2N3O. The van der Waals surface area contributed by atoms with Gasteiger partial charge in [0, 0.05) is 18.1 Å². The molecule has 2 aromatic rings. The molecule has 0 unspecified atom stereocenters. The summed E-state index contributed by atoms with van der Waals surface area (Å²) in [6.45, 7) is 2.08. The van der Waals surface area contributed by atoms with Gasteiger partial charge in [0.25, 0.3) is 5.91 Å². The summed E-state index contributed by atoms with van der Waals surface area (Å²) in [5.41, 5.74) is 1.02. The van der Waals surface area contributed by atoms with Crippen LogP contribution in [-0.4, -0.2) is 24.0 Å². The van der Waals surface area contributed by atoms with Crippen LogP contribution in [-0.2, 0) is 0 Å². The van der Waals surface area contributed by atoms with Gasteiger partial charge in [0.1, 0.15) is 5.82 Å². The minimum atomic E-state index is -0.280. The Morgan fingerprint density at radius 1 is 1.14 bits per heavy atom. The van der Waals surface area contributed by atoms with E-state index in [1.807, 2.05) is 12.1 Å². The molecule has 0 radical (unpaired) electrons. The van der Waals surface area contributed by atoms with Gasteiger partial charge < -0.3 is 10.2 Å². The second-order valence-electron chi connectivity index (χ2n) is 5.18. The number of rotatable bonds is 3. The number of hydrogen-bond acceptors (Lipinski definition) is 3. The van der Waals surface area contributed by atoms with Gasteiger partial charge in [0.15, 0.2) is 0 Å². The predicted molar refractivity (Wildman–Crippen MR) is 90.1 cm³/mol. The maximum Gasteiger partial charge on any atom is 0.257 e. The molecule has 2 heterocycles. The van der Waals surface area contributed by atoms with Crippen LogP contribution < -0.4 is 10.2 Å².